The number of amides is 1. The second-order valence-corrected chi connectivity index (χ2v) is 7.36. The standard InChI is InChI=1S/C17H20ClNOS/c1-21-15-10-13-7-8-14(11-15)19(13)17(20)9-6-12-4-2-3-5-16(12)18/h2-6,9,13-15H,7-8,10-11H2,1H3/b9-6+. The number of hydrogen-bond donors (Lipinski definition) is 0. The molecule has 2 unspecified atom stereocenters. The van der Waals surface area contributed by atoms with Crippen LogP contribution in [0.15, 0.2) is 30.3 Å². The number of benzene rings is 1. The van der Waals surface area contributed by atoms with Crippen molar-refractivity contribution < 1.29 is 4.79 Å². The van der Waals surface area contributed by atoms with E-state index in [-0.39, 0.29) is 5.91 Å². The Bertz CT molecular complexity index is 545. The summed E-state index contributed by atoms with van der Waals surface area (Å²) in [5, 5.41) is 1.41. The molecule has 4 heteroatoms. The van der Waals surface area contributed by atoms with Crippen molar-refractivity contribution in [2.45, 2.75) is 43.0 Å². The molecule has 112 valence electrons. The van der Waals surface area contributed by atoms with E-state index >= 15 is 0 Å². The van der Waals surface area contributed by atoms with Crippen molar-refractivity contribution in [3.8, 4) is 0 Å². The van der Waals surface area contributed by atoms with Crippen LogP contribution in [-0.2, 0) is 4.79 Å². The van der Waals surface area contributed by atoms with E-state index in [0.29, 0.717) is 17.1 Å². The summed E-state index contributed by atoms with van der Waals surface area (Å²) in [5.41, 5.74) is 0.902. The molecule has 0 N–H and O–H groups in total. The lowest BCUT2D eigenvalue weighted by atomic mass is 10.0. The number of hydrogen-bond acceptors (Lipinski definition) is 2. The molecule has 0 spiro atoms. The lowest BCUT2D eigenvalue weighted by Crippen LogP contribution is -2.46. The first-order valence-electron chi connectivity index (χ1n) is 7.46. The van der Waals surface area contributed by atoms with Crippen molar-refractivity contribution in [2.75, 3.05) is 6.26 Å². The van der Waals surface area contributed by atoms with E-state index < -0.39 is 0 Å². The van der Waals surface area contributed by atoms with Gasteiger partial charge in [0.2, 0.25) is 5.91 Å². The first-order valence-corrected chi connectivity index (χ1v) is 9.13. The predicted octanol–water partition coefficient (Wildman–Crippen LogP) is 4.24. The number of carbonyl (C=O) groups is 1. The summed E-state index contributed by atoms with van der Waals surface area (Å²) in [6.07, 6.45) is 10.3. The largest absolute Gasteiger partial charge is 0.333 e. The molecule has 2 aliphatic rings. The Morgan fingerprint density at radius 3 is 2.57 bits per heavy atom. The fourth-order valence-corrected chi connectivity index (χ4v) is 4.56. The summed E-state index contributed by atoms with van der Waals surface area (Å²) >= 11 is 8.07. The Labute approximate surface area is 135 Å². The zero-order chi connectivity index (χ0) is 14.8. The first-order chi connectivity index (χ1) is 10.2. The highest BCUT2D eigenvalue weighted by Gasteiger charge is 2.42. The maximum Gasteiger partial charge on any atom is 0.247 e. The molecule has 2 fully saturated rings. The van der Waals surface area contributed by atoms with E-state index in [9.17, 15) is 4.79 Å². The maximum atomic E-state index is 12.5. The zero-order valence-electron chi connectivity index (χ0n) is 12.2. The molecule has 1 aromatic rings. The number of halogens is 1. The summed E-state index contributed by atoms with van der Waals surface area (Å²) in [4.78, 5) is 14.6. The summed E-state index contributed by atoms with van der Waals surface area (Å²) in [6.45, 7) is 0. The van der Waals surface area contributed by atoms with Gasteiger partial charge in [-0.1, -0.05) is 29.8 Å². The molecule has 1 aromatic carbocycles. The summed E-state index contributed by atoms with van der Waals surface area (Å²) in [6, 6.07) is 8.48. The Balaban J connectivity index is 1.71. The van der Waals surface area contributed by atoms with E-state index in [1.54, 1.807) is 6.08 Å². The third-order valence-electron chi connectivity index (χ3n) is 4.59. The minimum atomic E-state index is 0.141. The van der Waals surface area contributed by atoms with Crippen LogP contribution < -0.4 is 0 Å². The van der Waals surface area contributed by atoms with Gasteiger partial charge < -0.3 is 4.90 Å². The highest BCUT2D eigenvalue weighted by molar-refractivity contribution is 7.99. The van der Waals surface area contributed by atoms with Crippen LogP contribution >= 0.6 is 23.4 Å². The van der Waals surface area contributed by atoms with Gasteiger partial charge >= 0.3 is 0 Å². The molecule has 2 heterocycles. The number of nitrogens with zero attached hydrogens (tertiary/aromatic N) is 1. The van der Waals surface area contributed by atoms with E-state index in [0.717, 1.165) is 36.5 Å². The van der Waals surface area contributed by atoms with Crippen LogP contribution in [0.25, 0.3) is 6.08 Å². The van der Waals surface area contributed by atoms with Gasteiger partial charge in [0.25, 0.3) is 0 Å². The van der Waals surface area contributed by atoms with Gasteiger partial charge in [-0.2, -0.15) is 11.8 Å². The average Bonchev–Trinajstić information content (AvgIpc) is 2.76. The molecule has 2 atom stereocenters. The molecule has 0 radical (unpaired) electrons. The van der Waals surface area contributed by atoms with Gasteiger partial charge in [-0.25, -0.2) is 0 Å². The molecule has 2 saturated heterocycles. The smallest absolute Gasteiger partial charge is 0.247 e. The molecule has 0 saturated carbocycles. The van der Waals surface area contributed by atoms with Crippen LogP contribution in [0.1, 0.15) is 31.2 Å². The van der Waals surface area contributed by atoms with Crippen molar-refractivity contribution in [1.82, 2.24) is 4.90 Å². The Kier molecular flexibility index (Phi) is 4.60. The number of carbonyl (C=O) groups excluding carboxylic acids is 1. The molecule has 2 bridgehead atoms. The molecule has 0 aromatic heterocycles. The maximum absolute atomic E-state index is 12.5. The normalized spacial score (nSPS) is 28.3. The van der Waals surface area contributed by atoms with Crippen LogP contribution in [-0.4, -0.2) is 34.4 Å². The quantitative estimate of drug-likeness (QED) is 0.776. The first kappa shape index (κ1) is 15.0. The highest BCUT2D eigenvalue weighted by atomic mass is 35.5. The zero-order valence-corrected chi connectivity index (χ0v) is 13.7. The third kappa shape index (κ3) is 3.14. The molecule has 1 amide bonds. The SMILES string of the molecule is CSC1CC2CCC(C1)N2C(=O)/C=C/c1ccccc1Cl. The van der Waals surface area contributed by atoms with Gasteiger partial charge in [0.15, 0.2) is 0 Å². The van der Waals surface area contributed by atoms with Crippen LogP contribution in [0, 0.1) is 0 Å². The summed E-state index contributed by atoms with van der Waals surface area (Å²) in [7, 11) is 0. The Hall–Kier alpha value is -0.930. The molecular weight excluding hydrogens is 302 g/mol. The molecule has 3 rings (SSSR count). The topological polar surface area (TPSA) is 20.3 Å². The second-order valence-electron chi connectivity index (χ2n) is 5.81. The van der Waals surface area contributed by atoms with E-state index in [4.69, 9.17) is 11.6 Å². The number of rotatable bonds is 3. The van der Waals surface area contributed by atoms with Gasteiger partial charge in [0.1, 0.15) is 0 Å². The molecule has 0 aliphatic carbocycles. The lowest BCUT2D eigenvalue weighted by molar-refractivity contribution is -0.129. The van der Waals surface area contributed by atoms with Crippen molar-refractivity contribution in [3.63, 3.8) is 0 Å². The highest BCUT2D eigenvalue weighted by Crippen LogP contribution is 2.39. The van der Waals surface area contributed by atoms with Crippen LogP contribution in [0.4, 0.5) is 0 Å². The minimum Gasteiger partial charge on any atom is -0.333 e. The number of piperidine rings is 1. The second kappa shape index (κ2) is 6.45. The van der Waals surface area contributed by atoms with E-state index in [1.165, 1.54) is 0 Å². The summed E-state index contributed by atoms with van der Waals surface area (Å²) < 4.78 is 0. The third-order valence-corrected chi connectivity index (χ3v) is 5.98. The van der Waals surface area contributed by atoms with Crippen LogP contribution in [0.3, 0.4) is 0 Å². The monoisotopic (exact) mass is 321 g/mol. The number of fused-ring (bicyclic) bond motifs is 2. The number of thioether (sulfide) groups is 1. The van der Waals surface area contributed by atoms with Crippen molar-refractivity contribution >= 4 is 35.3 Å². The Morgan fingerprint density at radius 2 is 1.95 bits per heavy atom. The van der Waals surface area contributed by atoms with Crippen molar-refractivity contribution in [3.05, 3.63) is 40.9 Å². The van der Waals surface area contributed by atoms with Gasteiger partial charge in [-0.3, -0.25) is 4.79 Å². The van der Waals surface area contributed by atoms with Crippen LogP contribution in [0.2, 0.25) is 5.02 Å². The van der Waals surface area contributed by atoms with Crippen LogP contribution in [0.5, 0.6) is 0 Å². The Morgan fingerprint density at radius 1 is 1.29 bits per heavy atom. The summed E-state index contributed by atoms with van der Waals surface area (Å²) in [5.74, 6) is 0.141. The van der Waals surface area contributed by atoms with E-state index in [1.807, 2.05) is 42.1 Å². The van der Waals surface area contributed by atoms with Gasteiger partial charge in [0, 0.05) is 28.4 Å². The van der Waals surface area contributed by atoms with E-state index in [2.05, 4.69) is 11.2 Å². The average molecular weight is 322 g/mol. The fraction of sp³-hybridized carbons (Fsp3) is 0.471. The molecular formula is C17H20ClNOS. The molecule has 2 nitrogen and oxygen atoms in total. The minimum absolute atomic E-state index is 0.141. The molecule has 21 heavy (non-hydrogen) atoms. The lowest BCUT2D eigenvalue weighted by Gasteiger charge is -2.37. The molecule has 2 aliphatic heterocycles. The predicted molar refractivity (Wildman–Crippen MR) is 90.7 cm³/mol. The van der Waals surface area contributed by atoms with Gasteiger partial charge in [-0.05, 0) is 49.6 Å². The fourth-order valence-electron chi connectivity index (χ4n) is 3.54. The van der Waals surface area contributed by atoms with Gasteiger partial charge in [-0.15, -0.1) is 0 Å². The van der Waals surface area contributed by atoms with Crippen molar-refractivity contribution in [2.24, 2.45) is 0 Å². The van der Waals surface area contributed by atoms with Gasteiger partial charge in [0.05, 0.1) is 0 Å². The van der Waals surface area contributed by atoms with Crippen molar-refractivity contribution in [1.29, 1.82) is 0 Å².